The number of carbonyl (C=O) groups excluding carboxylic acids is 3. The van der Waals surface area contributed by atoms with Gasteiger partial charge in [0.05, 0.1) is 6.61 Å². The van der Waals surface area contributed by atoms with Gasteiger partial charge in [-0.3, -0.25) is 14.4 Å². The van der Waals surface area contributed by atoms with E-state index in [0.717, 1.165) is 122 Å². The van der Waals surface area contributed by atoms with E-state index in [0.29, 0.717) is 25.7 Å². The van der Waals surface area contributed by atoms with Crippen LogP contribution in [0.1, 0.15) is 188 Å². The summed E-state index contributed by atoms with van der Waals surface area (Å²) in [6.07, 6.45) is 53.3. The summed E-state index contributed by atoms with van der Waals surface area (Å²) in [6, 6.07) is 0. The van der Waals surface area contributed by atoms with Gasteiger partial charge in [0.15, 0.2) is 24.6 Å². The van der Waals surface area contributed by atoms with Crippen molar-refractivity contribution in [3.8, 4) is 0 Å². The Morgan fingerprint density at radius 1 is 0.466 bits per heavy atom. The van der Waals surface area contributed by atoms with Crippen molar-refractivity contribution in [2.24, 2.45) is 0 Å². The zero-order valence-electron chi connectivity index (χ0n) is 44.8. The first-order chi connectivity index (χ1) is 35.6. The third-order valence-electron chi connectivity index (χ3n) is 11.5. The summed E-state index contributed by atoms with van der Waals surface area (Å²) in [5, 5.41) is 31.4. The van der Waals surface area contributed by atoms with E-state index in [9.17, 15) is 34.5 Å². The van der Waals surface area contributed by atoms with Crippen molar-refractivity contribution in [3.05, 3.63) is 122 Å². The van der Waals surface area contributed by atoms with Gasteiger partial charge in [-0.05, 0) is 116 Å². The summed E-state index contributed by atoms with van der Waals surface area (Å²) in [5.41, 5.74) is 0. The fraction of sp³-hybridized carbons (Fsp3) is 0.607. The van der Waals surface area contributed by atoms with Gasteiger partial charge >= 0.3 is 23.9 Å². The molecule has 12 nitrogen and oxygen atoms in total. The molecule has 6 atom stereocenters. The smallest absolute Gasteiger partial charge is 0.335 e. The van der Waals surface area contributed by atoms with Crippen LogP contribution in [-0.4, -0.2) is 89.2 Å². The third-order valence-corrected chi connectivity index (χ3v) is 11.5. The molecule has 0 bridgehead atoms. The van der Waals surface area contributed by atoms with Gasteiger partial charge in [0.25, 0.3) is 0 Å². The Labute approximate surface area is 439 Å². The van der Waals surface area contributed by atoms with E-state index in [1.807, 2.05) is 6.08 Å². The van der Waals surface area contributed by atoms with Gasteiger partial charge in [0.2, 0.25) is 0 Å². The number of aliphatic hydroxyl groups is 2. The maximum Gasteiger partial charge on any atom is 0.335 e. The number of ether oxygens (including phenoxy) is 5. The Morgan fingerprint density at radius 3 is 1.37 bits per heavy atom. The van der Waals surface area contributed by atoms with E-state index in [4.69, 9.17) is 23.7 Å². The molecule has 12 heteroatoms. The van der Waals surface area contributed by atoms with E-state index >= 15 is 0 Å². The predicted octanol–water partition coefficient (Wildman–Crippen LogP) is 13.7. The number of carboxylic acids is 1. The Kier molecular flexibility index (Phi) is 43.6. The summed E-state index contributed by atoms with van der Waals surface area (Å²) in [7, 11) is 0. The molecule has 3 N–H and O–H groups in total. The van der Waals surface area contributed by atoms with Crippen LogP contribution in [0, 0.1) is 0 Å². The SMILES string of the molecule is CC/C=C\C/C=C\C/C=C\C/C=C\C/C=C\CCCC(=O)OCC(COC1OC(C(=O)O)C(O)C(O)C1OC(=O)CCCCC/C=C\C/C=C\C/C=C\CC)OC(=O)CCCCCCC/C=C\C/C=C\CCC. The lowest BCUT2D eigenvalue weighted by Gasteiger charge is -2.40. The number of carbonyl (C=O) groups is 4. The minimum Gasteiger partial charge on any atom is -0.479 e. The number of esters is 3. The van der Waals surface area contributed by atoms with Crippen LogP contribution in [0.3, 0.4) is 0 Å². The van der Waals surface area contributed by atoms with E-state index in [1.165, 1.54) is 0 Å². The van der Waals surface area contributed by atoms with Gasteiger partial charge in [0, 0.05) is 19.3 Å². The lowest BCUT2D eigenvalue weighted by molar-refractivity contribution is -0.301. The molecule has 1 saturated heterocycles. The first kappa shape index (κ1) is 66.1. The van der Waals surface area contributed by atoms with Crippen molar-refractivity contribution in [2.75, 3.05) is 13.2 Å². The van der Waals surface area contributed by atoms with Gasteiger partial charge in [-0.2, -0.15) is 0 Å². The van der Waals surface area contributed by atoms with Crippen LogP contribution in [0.5, 0.6) is 0 Å². The van der Waals surface area contributed by atoms with Crippen LogP contribution >= 0.6 is 0 Å². The van der Waals surface area contributed by atoms with Crippen LogP contribution in [0.25, 0.3) is 0 Å². The van der Waals surface area contributed by atoms with Crippen molar-refractivity contribution in [1.29, 1.82) is 0 Å². The lowest BCUT2D eigenvalue weighted by atomic mass is 9.98. The molecule has 0 aromatic rings. The lowest BCUT2D eigenvalue weighted by Crippen LogP contribution is -2.61. The Balaban J connectivity index is 2.79. The fourth-order valence-corrected chi connectivity index (χ4v) is 7.34. The van der Waals surface area contributed by atoms with Gasteiger partial charge in [-0.1, -0.05) is 174 Å². The number of unbranched alkanes of at least 4 members (excludes halogenated alkanes) is 10. The molecule has 410 valence electrons. The molecule has 0 aliphatic carbocycles. The second kappa shape index (κ2) is 48.1. The zero-order valence-corrected chi connectivity index (χ0v) is 44.8. The highest BCUT2D eigenvalue weighted by atomic mass is 16.7. The first-order valence-electron chi connectivity index (χ1n) is 27.5. The number of carboxylic acid groups (broad SMARTS) is 1. The van der Waals surface area contributed by atoms with Crippen LogP contribution in [0.15, 0.2) is 122 Å². The van der Waals surface area contributed by atoms with Gasteiger partial charge in [-0.15, -0.1) is 0 Å². The summed E-state index contributed by atoms with van der Waals surface area (Å²) in [6.45, 7) is 5.59. The van der Waals surface area contributed by atoms with Crippen molar-refractivity contribution in [3.63, 3.8) is 0 Å². The normalized spacial score (nSPS) is 19.3. The third kappa shape index (κ3) is 38.4. The van der Waals surface area contributed by atoms with E-state index in [-0.39, 0.29) is 25.9 Å². The Hall–Kier alpha value is -4.88. The number of allylic oxidation sites excluding steroid dienone is 20. The highest BCUT2D eigenvalue weighted by molar-refractivity contribution is 5.74. The summed E-state index contributed by atoms with van der Waals surface area (Å²) in [5.74, 6) is -3.28. The number of hydrogen-bond acceptors (Lipinski definition) is 11. The van der Waals surface area contributed by atoms with Gasteiger partial charge in [-0.25, -0.2) is 4.79 Å². The minimum absolute atomic E-state index is 0.0114. The molecule has 0 saturated carbocycles. The van der Waals surface area contributed by atoms with Crippen molar-refractivity contribution >= 4 is 23.9 Å². The summed E-state index contributed by atoms with van der Waals surface area (Å²) >= 11 is 0. The molecule has 1 aliphatic heterocycles. The molecule has 1 rings (SSSR count). The maximum atomic E-state index is 13.1. The molecule has 0 spiro atoms. The number of hydrogen-bond donors (Lipinski definition) is 3. The van der Waals surface area contributed by atoms with E-state index in [2.05, 4.69) is 136 Å². The van der Waals surface area contributed by atoms with Crippen molar-refractivity contribution < 1.29 is 58.2 Å². The minimum atomic E-state index is -1.93. The van der Waals surface area contributed by atoms with Crippen LogP contribution in [0.2, 0.25) is 0 Å². The first-order valence-corrected chi connectivity index (χ1v) is 27.5. The van der Waals surface area contributed by atoms with E-state index in [1.54, 1.807) is 0 Å². The average molecular weight is 1020 g/mol. The average Bonchev–Trinajstić information content (AvgIpc) is 3.37. The molecule has 1 heterocycles. The molecule has 1 fully saturated rings. The summed E-state index contributed by atoms with van der Waals surface area (Å²) < 4.78 is 28.2. The Morgan fingerprint density at radius 2 is 0.877 bits per heavy atom. The van der Waals surface area contributed by atoms with Crippen molar-refractivity contribution in [2.45, 2.75) is 225 Å². The standard InChI is InChI=1S/C61H94O12/c1-4-7-10-13-16-19-22-25-26-27-28-31-32-35-38-41-44-47-53(62)69-50-52(71-54(63)48-45-42-39-36-33-29-23-20-17-14-11-8-5-2)51-70-61-59(57(66)56(65)58(73-61)60(67)68)72-55(64)49-46-43-40-37-34-30-24-21-18-15-12-9-6-3/h7,9-12,14,16,18-21,23,25-26,28,30-31,34-35,38,52,56-59,61,65-66H,4-6,8,13,15,17,22,24,27,29,32-33,36-37,39-51H2,1-3H3,(H,67,68)/b10-7-,12-9-,14-11-,19-16-,21-18-,23-20-,26-25-,31-28-,34-30-,38-35-. The quantitative estimate of drug-likeness (QED) is 0.0228. The highest BCUT2D eigenvalue weighted by Gasteiger charge is 2.50. The van der Waals surface area contributed by atoms with Gasteiger partial charge < -0.3 is 39.0 Å². The predicted molar refractivity (Wildman–Crippen MR) is 293 cm³/mol. The molecule has 73 heavy (non-hydrogen) atoms. The van der Waals surface area contributed by atoms with Gasteiger partial charge in [0.1, 0.15) is 18.8 Å². The van der Waals surface area contributed by atoms with Crippen LogP contribution in [0.4, 0.5) is 0 Å². The molecular formula is C61H94O12. The van der Waals surface area contributed by atoms with Crippen LogP contribution in [-0.2, 0) is 42.9 Å². The molecule has 1 aliphatic rings. The maximum absolute atomic E-state index is 13.1. The highest BCUT2D eigenvalue weighted by Crippen LogP contribution is 2.26. The number of aliphatic hydroxyl groups excluding tert-OH is 2. The van der Waals surface area contributed by atoms with Crippen molar-refractivity contribution in [1.82, 2.24) is 0 Å². The second-order valence-corrected chi connectivity index (χ2v) is 18.1. The molecular weight excluding hydrogens is 925 g/mol. The van der Waals surface area contributed by atoms with Crippen LogP contribution < -0.4 is 0 Å². The number of aliphatic carboxylic acids is 1. The monoisotopic (exact) mass is 1020 g/mol. The topological polar surface area (TPSA) is 175 Å². The summed E-state index contributed by atoms with van der Waals surface area (Å²) in [4.78, 5) is 50.9. The molecule has 6 unspecified atom stereocenters. The largest absolute Gasteiger partial charge is 0.479 e. The Bertz CT molecular complexity index is 1730. The zero-order chi connectivity index (χ0) is 53.3. The second-order valence-electron chi connectivity index (χ2n) is 18.1. The van der Waals surface area contributed by atoms with E-state index < -0.39 is 67.3 Å². The molecule has 0 aromatic carbocycles. The fourth-order valence-electron chi connectivity index (χ4n) is 7.34. The number of rotatable bonds is 44. The molecule has 0 aromatic heterocycles. The molecule has 0 amide bonds. The molecule has 0 radical (unpaired) electrons.